The van der Waals surface area contributed by atoms with E-state index in [1.54, 1.807) is 0 Å². The van der Waals surface area contributed by atoms with E-state index in [1.807, 2.05) is 0 Å². The van der Waals surface area contributed by atoms with Crippen molar-refractivity contribution in [2.24, 2.45) is 0 Å². The molecule has 0 aromatic rings. The molecule has 2 unspecified atom stereocenters. The molecule has 2 atom stereocenters. The zero-order valence-electron chi connectivity index (χ0n) is 15.6. The van der Waals surface area contributed by atoms with Crippen LogP contribution in [0, 0.1) is 0 Å². The van der Waals surface area contributed by atoms with Gasteiger partial charge in [0.1, 0.15) is 0 Å². The number of hydrogen-bond donors (Lipinski definition) is 2. The van der Waals surface area contributed by atoms with Gasteiger partial charge in [-0.25, -0.2) is 4.79 Å². The molecule has 5 heteroatoms. The molecule has 0 heterocycles. The average Bonchev–Trinajstić information content (AvgIpc) is 2.45. The van der Waals surface area contributed by atoms with Crippen LogP contribution in [0.3, 0.4) is 0 Å². The summed E-state index contributed by atoms with van der Waals surface area (Å²) >= 11 is 0. The lowest BCUT2D eigenvalue weighted by Crippen LogP contribution is -2.40. The number of carbonyl (C=O) groups excluding carboxylic acids is 1. The Morgan fingerprint density at radius 1 is 0.773 bits per heavy atom. The summed E-state index contributed by atoms with van der Waals surface area (Å²) in [6, 6.07) is 1.06. The van der Waals surface area contributed by atoms with Gasteiger partial charge in [-0.2, -0.15) is 0 Å². The second kappa shape index (κ2) is 12.7. The SMILES string of the molecule is CCCC(CCNC(=O)NCCC(CCC)N(C)C)N(C)C. The molecular formula is C17H38N4O. The molecule has 2 amide bonds. The van der Waals surface area contributed by atoms with Crippen LogP contribution in [0.15, 0.2) is 0 Å². The Morgan fingerprint density at radius 3 is 1.41 bits per heavy atom. The Balaban J connectivity index is 3.85. The minimum Gasteiger partial charge on any atom is -0.338 e. The van der Waals surface area contributed by atoms with Crippen molar-refractivity contribution in [1.82, 2.24) is 20.4 Å². The van der Waals surface area contributed by atoms with Crippen LogP contribution in [0.5, 0.6) is 0 Å². The molecule has 0 radical (unpaired) electrons. The van der Waals surface area contributed by atoms with E-state index in [2.05, 4.69) is 62.5 Å². The lowest BCUT2D eigenvalue weighted by atomic mass is 10.1. The van der Waals surface area contributed by atoms with Gasteiger partial charge < -0.3 is 20.4 Å². The molecule has 0 spiro atoms. The van der Waals surface area contributed by atoms with Crippen LogP contribution < -0.4 is 10.6 Å². The predicted molar refractivity (Wildman–Crippen MR) is 95.4 cm³/mol. The Kier molecular flexibility index (Phi) is 12.2. The molecule has 0 bridgehead atoms. The van der Waals surface area contributed by atoms with Crippen LogP contribution in [0.4, 0.5) is 4.79 Å². The summed E-state index contributed by atoms with van der Waals surface area (Å²) in [5, 5.41) is 5.94. The highest BCUT2D eigenvalue weighted by Crippen LogP contribution is 2.07. The largest absolute Gasteiger partial charge is 0.338 e. The number of carbonyl (C=O) groups is 1. The van der Waals surface area contributed by atoms with Crippen LogP contribution in [-0.2, 0) is 0 Å². The van der Waals surface area contributed by atoms with E-state index in [4.69, 9.17) is 0 Å². The van der Waals surface area contributed by atoms with E-state index in [9.17, 15) is 4.79 Å². The zero-order chi connectivity index (χ0) is 17.0. The first-order valence-electron chi connectivity index (χ1n) is 8.76. The standard InChI is InChI=1S/C17H38N4O/c1-7-9-15(20(3)4)11-13-18-17(22)19-14-12-16(10-8-2)21(5)6/h15-16H,7-14H2,1-6H3,(H2,18,19,22). The van der Waals surface area contributed by atoms with Gasteiger partial charge in [0.25, 0.3) is 0 Å². The third kappa shape index (κ3) is 10.0. The first-order chi connectivity index (χ1) is 10.4. The lowest BCUT2D eigenvalue weighted by molar-refractivity contribution is 0.229. The Morgan fingerprint density at radius 2 is 1.14 bits per heavy atom. The molecule has 0 aromatic carbocycles. The second-order valence-corrected chi connectivity index (χ2v) is 6.57. The molecule has 0 aliphatic heterocycles. The third-order valence-electron chi connectivity index (χ3n) is 4.23. The van der Waals surface area contributed by atoms with Gasteiger partial charge in [0.15, 0.2) is 0 Å². The summed E-state index contributed by atoms with van der Waals surface area (Å²) in [4.78, 5) is 16.3. The minimum absolute atomic E-state index is 0.0389. The van der Waals surface area contributed by atoms with E-state index in [0.717, 1.165) is 25.9 Å². The summed E-state index contributed by atoms with van der Waals surface area (Å²) in [7, 11) is 8.43. The quantitative estimate of drug-likeness (QED) is 0.582. The first-order valence-corrected chi connectivity index (χ1v) is 8.76. The molecule has 0 rings (SSSR count). The van der Waals surface area contributed by atoms with Crippen molar-refractivity contribution in [2.75, 3.05) is 41.3 Å². The van der Waals surface area contributed by atoms with E-state index in [-0.39, 0.29) is 6.03 Å². The van der Waals surface area contributed by atoms with E-state index in [1.165, 1.54) is 25.7 Å². The summed E-state index contributed by atoms with van der Waals surface area (Å²) in [6.07, 6.45) is 6.72. The molecule has 0 aliphatic rings. The normalized spacial score (nSPS) is 14.2. The number of rotatable bonds is 12. The molecule has 0 aliphatic carbocycles. The van der Waals surface area contributed by atoms with Crippen molar-refractivity contribution >= 4 is 6.03 Å². The maximum atomic E-state index is 11.8. The lowest BCUT2D eigenvalue weighted by Gasteiger charge is -2.24. The van der Waals surface area contributed by atoms with Crippen LogP contribution >= 0.6 is 0 Å². The van der Waals surface area contributed by atoms with Crippen molar-refractivity contribution in [1.29, 1.82) is 0 Å². The number of hydrogen-bond acceptors (Lipinski definition) is 3. The van der Waals surface area contributed by atoms with Crippen molar-refractivity contribution in [2.45, 2.75) is 64.5 Å². The summed E-state index contributed by atoms with van der Waals surface area (Å²) < 4.78 is 0. The third-order valence-corrected chi connectivity index (χ3v) is 4.23. The van der Waals surface area contributed by atoms with Crippen LogP contribution in [0.1, 0.15) is 52.4 Å². The molecule has 0 saturated heterocycles. The van der Waals surface area contributed by atoms with Gasteiger partial charge in [-0.1, -0.05) is 26.7 Å². The molecule has 0 aromatic heterocycles. The molecule has 132 valence electrons. The van der Waals surface area contributed by atoms with Gasteiger partial charge >= 0.3 is 6.03 Å². The topological polar surface area (TPSA) is 47.6 Å². The molecule has 2 N–H and O–H groups in total. The summed E-state index contributed by atoms with van der Waals surface area (Å²) in [5.74, 6) is 0. The second-order valence-electron chi connectivity index (χ2n) is 6.57. The van der Waals surface area contributed by atoms with Gasteiger partial charge in [-0.3, -0.25) is 0 Å². The fraction of sp³-hybridized carbons (Fsp3) is 0.941. The van der Waals surface area contributed by atoms with Crippen molar-refractivity contribution in [3.63, 3.8) is 0 Å². The smallest absolute Gasteiger partial charge is 0.314 e. The highest BCUT2D eigenvalue weighted by Gasteiger charge is 2.12. The van der Waals surface area contributed by atoms with E-state index in [0.29, 0.717) is 12.1 Å². The Bertz CT molecular complexity index is 256. The molecule has 22 heavy (non-hydrogen) atoms. The molecule has 5 nitrogen and oxygen atoms in total. The van der Waals surface area contributed by atoms with Crippen LogP contribution in [-0.4, -0.2) is 69.2 Å². The molecular weight excluding hydrogens is 276 g/mol. The van der Waals surface area contributed by atoms with Gasteiger partial charge in [-0.05, 0) is 53.9 Å². The van der Waals surface area contributed by atoms with Crippen molar-refractivity contribution in [3.8, 4) is 0 Å². The highest BCUT2D eigenvalue weighted by atomic mass is 16.2. The number of urea groups is 1. The number of nitrogens with zero attached hydrogens (tertiary/aromatic N) is 2. The van der Waals surface area contributed by atoms with Gasteiger partial charge in [0, 0.05) is 25.2 Å². The maximum Gasteiger partial charge on any atom is 0.314 e. The van der Waals surface area contributed by atoms with Crippen molar-refractivity contribution in [3.05, 3.63) is 0 Å². The maximum absolute atomic E-state index is 11.8. The highest BCUT2D eigenvalue weighted by molar-refractivity contribution is 5.73. The van der Waals surface area contributed by atoms with Crippen LogP contribution in [0.2, 0.25) is 0 Å². The molecule has 0 fully saturated rings. The zero-order valence-corrected chi connectivity index (χ0v) is 15.6. The predicted octanol–water partition coefficient (Wildman–Crippen LogP) is 2.53. The number of nitrogens with one attached hydrogen (secondary N) is 2. The van der Waals surface area contributed by atoms with Crippen LogP contribution in [0.25, 0.3) is 0 Å². The van der Waals surface area contributed by atoms with E-state index >= 15 is 0 Å². The summed E-state index contributed by atoms with van der Waals surface area (Å²) in [5.41, 5.74) is 0. The van der Waals surface area contributed by atoms with E-state index < -0.39 is 0 Å². The number of amides is 2. The summed E-state index contributed by atoms with van der Waals surface area (Å²) in [6.45, 7) is 5.88. The Hall–Kier alpha value is -0.810. The van der Waals surface area contributed by atoms with Gasteiger partial charge in [0.2, 0.25) is 0 Å². The van der Waals surface area contributed by atoms with Gasteiger partial charge in [-0.15, -0.1) is 0 Å². The van der Waals surface area contributed by atoms with Gasteiger partial charge in [0.05, 0.1) is 0 Å². The molecule has 0 saturated carbocycles. The fourth-order valence-electron chi connectivity index (χ4n) is 2.76. The monoisotopic (exact) mass is 314 g/mol. The fourth-order valence-corrected chi connectivity index (χ4v) is 2.76. The Labute approximate surface area is 137 Å². The average molecular weight is 315 g/mol. The van der Waals surface area contributed by atoms with Crippen molar-refractivity contribution < 1.29 is 4.79 Å². The first kappa shape index (κ1) is 21.2. The minimum atomic E-state index is -0.0389.